The molecule has 2 amide bonds. The zero-order valence-electron chi connectivity index (χ0n) is 17.4. The molecule has 0 bridgehead atoms. The summed E-state index contributed by atoms with van der Waals surface area (Å²) in [7, 11) is 0. The van der Waals surface area contributed by atoms with Crippen LogP contribution >= 0.6 is 0 Å². The molecule has 1 aliphatic heterocycles. The van der Waals surface area contributed by atoms with Crippen molar-refractivity contribution in [2.75, 3.05) is 25.0 Å². The number of likely N-dealkylation sites (tertiary alicyclic amines) is 1. The van der Waals surface area contributed by atoms with Gasteiger partial charge in [0.05, 0.1) is 11.3 Å². The lowest BCUT2D eigenvalue weighted by Crippen LogP contribution is -2.38. The Hall–Kier alpha value is -2.66. The van der Waals surface area contributed by atoms with Crippen LogP contribution in [-0.2, 0) is 11.3 Å². The average molecular weight is 394 g/mol. The number of amides is 2. The van der Waals surface area contributed by atoms with Crippen molar-refractivity contribution in [3.63, 3.8) is 0 Å². The highest BCUT2D eigenvalue weighted by Crippen LogP contribution is 2.22. The van der Waals surface area contributed by atoms with Gasteiger partial charge in [0.25, 0.3) is 5.91 Å². The van der Waals surface area contributed by atoms with E-state index in [2.05, 4.69) is 53.6 Å². The number of carbonyl (C=O) groups excluding carboxylic acids is 2. The van der Waals surface area contributed by atoms with Crippen LogP contribution in [0.2, 0.25) is 0 Å². The Morgan fingerprint density at radius 3 is 2.34 bits per heavy atom. The predicted octanol–water partition coefficient (Wildman–Crippen LogP) is 3.92. The molecule has 0 aliphatic carbocycles. The van der Waals surface area contributed by atoms with Crippen LogP contribution in [0.3, 0.4) is 0 Å². The summed E-state index contributed by atoms with van der Waals surface area (Å²) in [5, 5.41) is 5.92. The molecule has 1 fully saturated rings. The second-order valence-corrected chi connectivity index (χ2v) is 8.17. The number of carbonyl (C=O) groups is 2. The number of nitrogens with zero attached hydrogens (tertiary/aromatic N) is 1. The Labute approximate surface area is 173 Å². The molecule has 5 nitrogen and oxygen atoms in total. The predicted molar refractivity (Wildman–Crippen MR) is 117 cm³/mol. The first-order valence-corrected chi connectivity index (χ1v) is 10.5. The van der Waals surface area contributed by atoms with E-state index in [1.165, 1.54) is 5.56 Å². The number of nitrogens with one attached hydrogen (secondary N) is 2. The van der Waals surface area contributed by atoms with E-state index in [1.54, 1.807) is 12.1 Å². The minimum atomic E-state index is -0.146. The standard InChI is InChI=1S/C24H31N3O2/c1-18(2)16-25-24(29)21-10-6-7-11-22(21)26-23(28)20-12-14-27(15-13-20)17-19-8-4-3-5-9-19/h3-11,18,20H,12-17H2,1-2H3,(H,25,29)(H,26,28). The van der Waals surface area contributed by atoms with Gasteiger partial charge in [0, 0.05) is 19.0 Å². The maximum Gasteiger partial charge on any atom is 0.253 e. The third-order valence-corrected chi connectivity index (χ3v) is 5.31. The molecule has 0 spiro atoms. The van der Waals surface area contributed by atoms with Gasteiger partial charge in [-0.05, 0) is 49.5 Å². The highest BCUT2D eigenvalue weighted by Gasteiger charge is 2.26. The number of rotatable bonds is 7. The van der Waals surface area contributed by atoms with Crippen molar-refractivity contribution >= 4 is 17.5 Å². The molecule has 2 N–H and O–H groups in total. The first-order chi connectivity index (χ1) is 14.0. The van der Waals surface area contributed by atoms with Crippen molar-refractivity contribution in [3.05, 3.63) is 65.7 Å². The van der Waals surface area contributed by atoms with Crippen molar-refractivity contribution in [1.29, 1.82) is 0 Å². The van der Waals surface area contributed by atoms with Crippen LogP contribution in [0, 0.1) is 11.8 Å². The van der Waals surface area contributed by atoms with Gasteiger partial charge in [0.2, 0.25) is 5.91 Å². The molecular formula is C24H31N3O2. The fraction of sp³-hybridized carbons (Fsp3) is 0.417. The molecule has 29 heavy (non-hydrogen) atoms. The second kappa shape index (κ2) is 10.2. The van der Waals surface area contributed by atoms with Gasteiger partial charge in [-0.2, -0.15) is 0 Å². The molecule has 1 saturated heterocycles. The van der Waals surface area contributed by atoms with Crippen LogP contribution in [0.15, 0.2) is 54.6 Å². The van der Waals surface area contributed by atoms with Crippen molar-refractivity contribution < 1.29 is 9.59 Å². The van der Waals surface area contributed by atoms with Gasteiger partial charge in [-0.1, -0.05) is 56.3 Å². The lowest BCUT2D eigenvalue weighted by Gasteiger charge is -2.31. The topological polar surface area (TPSA) is 61.4 Å². The Morgan fingerprint density at radius 1 is 1.00 bits per heavy atom. The number of hydrogen-bond acceptors (Lipinski definition) is 3. The Bertz CT molecular complexity index is 812. The number of para-hydroxylation sites is 1. The highest BCUT2D eigenvalue weighted by atomic mass is 16.2. The van der Waals surface area contributed by atoms with Gasteiger partial charge in [0.1, 0.15) is 0 Å². The van der Waals surface area contributed by atoms with Gasteiger partial charge in [-0.25, -0.2) is 0 Å². The monoisotopic (exact) mass is 393 g/mol. The molecule has 5 heteroatoms. The largest absolute Gasteiger partial charge is 0.352 e. The summed E-state index contributed by atoms with van der Waals surface area (Å²) in [6.07, 6.45) is 1.67. The fourth-order valence-electron chi connectivity index (χ4n) is 3.61. The van der Waals surface area contributed by atoms with Gasteiger partial charge in [-0.3, -0.25) is 14.5 Å². The van der Waals surface area contributed by atoms with Gasteiger partial charge in [-0.15, -0.1) is 0 Å². The van der Waals surface area contributed by atoms with Gasteiger partial charge >= 0.3 is 0 Å². The summed E-state index contributed by atoms with van der Waals surface area (Å²) < 4.78 is 0. The molecule has 2 aromatic carbocycles. The van der Waals surface area contributed by atoms with Gasteiger partial charge < -0.3 is 10.6 Å². The second-order valence-electron chi connectivity index (χ2n) is 8.17. The van der Waals surface area contributed by atoms with E-state index >= 15 is 0 Å². The summed E-state index contributed by atoms with van der Waals surface area (Å²) >= 11 is 0. The summed E-state index contributed by atoms with van der Waals surface area (Å²) in [6.45, 7) is 7.46. The Morgan fingerprint density at radius 2 is 1.66 bits per heavy atom. The van der Waals surface area contributed by atoms with E-state index in [9.17, 15) is 9.59 Å². The number of piperidine rings is 1. The van der Waals surface area contributed by atoms with Gasteiger partial charge in [0.15, 0.2) is 0 Å². The number of benzene rings is 2. The van der Waals surface area contributed by atoms with E-state index in [0.29, 0.717) is 23.7 Å². The van der Waals surface area contributed by atoms with Crippen LogP contribution in [0.4, 0.5) is 5.69 Å². The summed E-state index contributed by atoms with van der Waals surface area (Å²) in [5.41, 5.74) is 2.41. The van der Waals surface area contributed by atoms with E-state index in [4.69, 9.17) is 0 Å². The zero-order chi connectivity index (χ0) is 20.6. The minimum absolute atomic E-state index is 0.00784. The third kappa shape index (κ3) is 6.16. The maximum atomic E-state index is 12.8. The van der Waals surface area contributed by atoms with E-state index in [-0.39, 0.29) is 17.7 Å². The van der Waals surface area contributed by atoms with Crippen LogP contribution < -0.4 is 10.6 Å². The van der Waals surface area contributed by atoms with Crippen molar-refractivity contribution in [1.82, 2.24) is 10.2 Å². The molecule has 0 atom stereocenters. The van der Waals surface area contributed by atoms with Crippen LogP contribution in [0.25, 0.3) is 0 Å². The molecule has 2 aromatic rings. The zero-order valence-corrected chi connectivity index (χ0v) is 17.4. The summed E-state index contributed by atoms with van der Waals surface area (Å²) in [4.78, 5) is 27.7. The molecule has 0 unspecified atom stereocenters. The smallest absolute Gasteiger partial charge is 0.253 e. The lowest BCUT2D eigenvalue weighted by molar-refractivity contribution is -0.121. The average Bonchev–Trinajstić information content (AvgIpc) is 2.73. The van der Waals surface area contributed by atoms with E-state index < -0.39 is 0 Å². The molecular weight excluding hydrogens is 362 g/mol. The van der Waals surface area contributed by atoms with Crippen LogP contribution in [-0.4, -0.2) is 36.3 Å². The first kappa shape index (κ1) is 21.1. The van der Waals surface area contributed by atoms with Crippen LogP contribution in [0.5, 0.6) is 0 Å². The maximum absolute atomic E-state index is 12.8. The molecule has 1 heterocycles. The minimum Gasteiger partial charge on any atom is -0.352 e. The molecule has 0 radical (unpaired) electrons. The van der Waals surface area contributed by atoms with Crippen molar-refractivity contribution in [2.24, 2.45) is 11.8 Å². The quantitative estimate of drug-likeness (QED) is 0.749. The number of anilines is 1. The van der Waals surface area contributed by atoms with Crippen LogP contribution in [0.1, 0.15) is 42.6 Å². The normalized spacial score (nSPS) is 15.3. The fourth-order valence-corrected chi connectivity index (χ4v) is 3.61. The molecule has 154 valence electrons. The highest BCUT2D eigenvalue weighted by molar-refractivity contribution is 6.04. The lowest BCUT2D eigenvalue weighted by atomic mass is 9.95. The SMILES string of the molecule is CC(C)CNC(=O)c1ccccc1NC(=O)C1CCN(Cc2ccccc2)CC1. The Balaban J connectivity index is 1.54. The molecule has 1 aliphatic rings. The molecule has 0 aromatic heterocycles. The number of hydrogen-bond donors (Lipinski definition) is 2. The van der Waals surface area contributed by atoms with Crippen molar-refractivity contribution in [3.8, 4) is 0 Å². The van der Waals surface area contributed by atoms with E-state index in [1.807, 2.05) is 18.2 Å². The van der Waals surface area contributed by atoms with E-state index in [0.717, 1.165) is 32.5 Å². The third-order valence-electron chi connectivity index (χ3n) is 5.31. The first-order valence-electron chi connectivity index (χ1n) is 10.5. The Kier molecular flexibility index (Phi) is 7.42. The molecule has 0 saturated carbocycles. The van der Waals surface area contributed by atoms with Crippen molar-refractivity contribution in [2.45, 2.75) is 33.2 Å². The summed E-state index contributed by atoms with van der Waals surface area (Å²) in [6, 6.07) is 17.6. The molecule has 3 rings (SSSR count). The summed E-state index contributed by atoms with van der Waals surface area (Å²) in [5.74, 6) is 0.219.